The molecule has 0 amide bonds. The number of rotatable bonds is 6. The minimum atomic E-state index is -0.947. The Kier molecular flexibility index (Phi) is 5.31. The van der Waals surface area contributed by atoms with Gasteiger partial charge >= 0.3 is 11.6 Å². The number of carboxylic acid groups (broad SMARTS) is 1. The van der Waals surface area contributed by atoms with Gasteiger partial charge in [-0.1, -0.05) is 29.3 Å². The molecule has 3 aromatic rings. The Hall–Kier alpha value is -3.08. The predicted octanol–water partition coefficient (Wildman–Crippen LogP) is 3.99. The van der Waals surface area contributed by atoms with Gasteiger partial charge in [-0.3, -0.25) is 4.79 Å². The number of benzene rings is 2. The number of hydrogen-bond donors (Lipinski definition) is 2. The van der Waals surface area contributed by atoms with Crippen molar-refractivity contribution in [1.82, 2.24) is 0 Å². The van der Waals surface area contributed by atoms with E-state index in [9.17, 15) is 19.8 Å². The minimum absolute atomic E-state index is 0.0903. The molecule has 5 nitrogen and oxygen atoms in total. The van der Waals surface area contributed by atoms with Crippen molar-refractivity contribution >= 4 is 16.9 Å². The highest BCUT2D eigenvalue weighted by Crippen LogP contribution is 2.24. The summed E-state index contributed by atoms with van der Waals surface area (Å²) in [7, 11) is 0. The molecule has 1 aromatic heterocycles. The van der Waals surface area contributed by atoms with Crippen LogP contribution in [-0.2, 0) is 17.6 Å². The molecule has 1 unspecified atom stereocenters. The zero-order valence-corrected chi connectivity index (χ0v) is 15.4. The van der Waals surface area contributed by atoms with Crippen LogP contribution in [0.3, 0.4) is 0 Å². The summed E-state index contributed by atoms with van der Waals surface area (Å²) < 4.78 is 5.35. The van der Waals surface area contributed by atoms with Crippen LogP contribution in [0.15, 0.2) is 51.7 Å². The number of phenols is 1. The van der Waals surface area contributed by atoms with Gasteiger partial charge in [0.05, 0.1) is 5.92 Å². The molecule has 0 aliphatic heterocycles. The molecule has 2 N–H and O–H groups in total. The molecule has 0 aliphatic carbocycles. The summed E-state index contributed by atoms with van der Waals surface area (Å²) in [6, 6.07) is 12.5. The van der Waals surface area contributed by atoms with Crippen LogP contribution in [-0.4, -0.2) is 16.2 Å². The number of phenolic OH excluding ortho intramolecular Hbond substituents is 1. The quantitative estimate of drug-likeness (QED) is 0.644. The Bertz CT molecular complexity index is 1050. The van der Waals surface area contributed by atoms with Crippen molar-refractivity contribution in [3.05, 3.63) is 75.1 Å². The van der Waals surface area contributed by atoms with E-state index in [4.69, 9.17) is 4.42 Å². The van der Waals surface area contributed by atoms with E-state index in [-0.39, 0.29) is 18.6 Å². The maximum atomic E-state index is 12.2. The van der Waals surface area contributed by atoms with Crippen molar-refractivity contribution in [2.45, 2.75) is 33.1 Å². The SMILES string of the molecule is Cc1ccc(O)c(CC(CCc2cc3cc(C)ccc3oc2=O)C(=O)O)c1. The smallest absolute Gasteiger partial charge is 0.339 e. The Morgan fingerprint density at radius 1 is 1.04 bits per heavy atom. The maximum Gasteiger partial charge on any atom is 0.339 e. The molecule has 0 fully saturated rings. The van der Waals surface area contributed by atoms with Crippen molar-refractivity contribution in [2.24, 2.45) is 5.92 Å². The molecule has 0 saturated heterocycles. The monoisotopic (exact) mass is 366 g/mol. The second kappa shape index (κ2) is 7.66. The molecule has 2 aromatic carbocycles. The first-order valence-corrected chi connectivity index (χ1v) is 8.88. The number of aliphatic carboxylic acids is 1. The molecule has 140 valence electrons. The lowest BCUT2D eigenvalue weighted by atomic mass is 9.92. The molecule has 0 radical (unpaired) electrons. The van der Waals surface area contributed by atoms with Gasteiger partial charge in [0, 0.05) is 10.9 Å². The number of carboxylic acids is 1. The van der Waals surface area contributed by atoms with E-state index in [0.29, 0.717) is 23.1 Å². The minimum Gasteiger partial charge on any atom is -0.508 e. The fraction of sp³-hybridized carbons (Fsp3) is 0.273. The summed E-state index contributed by atoms with van der Waals surface area (Å²) in [6.07, 6.45) is 0.793. The summed E-state index contributed by atoms with van der Waals surface area (Å²) in [4.78, 5) is 23.9. The highest BCUT2D eigenvalue weighted by atomic mass is 16.4. The van der Waals surface area contributed by atoms with Crippen LogP contribution in [0.2, 0.25) is 0 Å². The van der Waals surface area contributed by atoms with Crippen molar-refractivity contribution in [3.63, 3.8) is 0 Å². The highest BCUT2D eigenvalue weighted by Gasteiger charge is 2.20. The second-order valence-electron chi connectivity index (χ2n) is 7.01. The van der Waals surface area contributed by atoms with E-state index in [1.807, 2.05) is 26.0 Å². The molecule has 0 spiro atoms. The summed E-state index contributed by atoms with van der Waals surface area (Å²) in [5.41, 5.74) is 3.16. The number of aromatic hydroxyl groups is 1. The van der Waals surface area contributed by atoms with Crippen LogP contribution in [0.4, 0.5) is 0 Å². The van der Waals surface area contributed by atoms with Gasteiger partial charge in [-0.25, -0.2) is 4.79 Å². The standard InChI is InChI=1S/C22H22O5/c1-13-3-7-19(23)17(9-13)11-15(21(24)25)5-6-16-12-18-10-14(2)4-8-20(18)27-22(16)26/h3-4,7-10,12,15,23H,5-6,11H2,1-2H3,(H,24,25). The summed E-state index contributed by atoms with van der Waals surface area (Å²) >= 11 is 0. The lowest BCUT2D eigenvalue weighted by molar-refractivity contribution is -0.141. The molecule has 1 atom stereocenters. The molecular weight excluding hydrogens is 344 g/mol. The van der Waals surface area contributed by atoms with E-state index in [1.54, 1.807) is 30.3 Å². The van der Waals surface area contributed by atoms with E-state index in [0.717, 1.165) is 16.5 Å². The highest BCUT2D eigenvalue weighted by molar-refractivity contribution is 5.77. The fourth-order valence-electron chi connectivity index (χ4n) is 3.25. The van der Waals surface area contributed by atoms with Crippen LogP contribution >= 0.6 is 0 Å². The molecular formula is C22H22O5. The fourth-order valence-corrected chi connectivity index (χ4v) is 3.25. The van der Waals surface area contributed by atoms with Gasteiger partial charge in [-0.15, -0.1) is 0 Å². The van der Waals surface area contributed by atoms with E-state index in [1.165, 1.54) is 0 Å². The number of aryl methyl sites for hydroxylation is 3. The lowest BCUT2D eigenvalue weighted by Gasteiger charge is -2.14. The first-order valence-electron chi connectivity index (χ1n) is 8.88. The first-order chi connectivity index (χ1) is 12.8. The van der Waals surface area contributed by atoms with Crippen molar-refractivity contribution in [3.8, 4) is 5.75 Å². The zero-order valence-electron chi connectivity index (χ0n) is 15.4. The molecule has 0 bridgehead atoms. The van der Waals surface area contributed by atoms with Gasteiger partial charge in [-0.2, -0.15) is 0 Å². The molecule has 0 aliphatic rings. The van der Waals surface area contributed by atoms with Crippen LogP contribution < -0.4 is 5.63 Å². The summed E-state index contributed by atoms with van der Waals surface area (Å²) in [5.74, 6) is -1.56. The Balaban J connectivity index is 1.81. The van der Waals surface area contributed by atoms with Crippen LogP contribution in [0, 0.1) is 19.8 Å². The molecule has 27 heavy (non-hydrogen) atoms. The van der Waals surface area contributed by atoms with Gasteiger partial charge in [0.15, 0.2) is 0 Å². The molecule has 1 heterocycles. The maximum absolute atomic E-state index is 12.2. The van der Waals surface area contributed by atoms with E-state index < -0.39 is 17.5 Å². The average molecular weight is 366 g/mol. The third-order valence-corrected chi connectivity index (χ3v) is 4.77. The molecule has 5 heteroatoms. The van der Waals surface area contributed by atoms with Gasteiger partial charge in [-0.05, 0) is 62.9 Å². The third-order valence-electron chi connectivity index (χ3n) is 4.77. The van der Waals surface area contributed by atoms with E-state index in [2.05, 4.69) is 0 Å². The zero-order chi connectivity index (χ0) is 19.6. The average Bonchev–Trinajstić information content (AvgIpc) is 2.61. The second-order valence-corrected chi connectivity index (χ2v) is 7.01. The Morgan fingerprint density at radius 3 is 2.48 bits per heavy atom. The summed E-state index contributed by atoms with van der Waals surface area (Å²) in [6.45, 7) is 3.85. The van der Waals surface area contributed by atoms with Crippen molar-refractivity contribution in [1.29, 1.82) is 0 Å². The summed E-state index contributed by atoms with van der Waals surface area (Å²) in [5, 5.41) is 20.4. The van der Waals surface area contributed by atoms with Gasteiger partial charge in [0.25, 0.3) is 0 Å². The van der Waals surface area contributed by atoms with Crippen LogP contribution in [0.25, 0.3) is 11.0 Å². The lowest BCUT2D eigenvalue weighted by Crippen LogP contribution is -2.19. The normalized spacial score (nSPS) is 12.2. The largest absolute Gasteiger partial charge is 0.508 e. The number of fused-ring (bicyclic) bond motifs is 1. The molecule has 0 saturated carbocycles. The number of hydrogen-bond acceptors (Lipinski definition) is 4. The third kappa shape index (κ3) is 4.37. The molecule has 3 rings (SSSR count). The van der Waals surface area contributed by atoms with Crippen molar-refractivity contribution in [2.75, 3.05) is 0 Å². The van der Waals surface area contributed by atoms with Gasteiger partial charge in [0.2, 0.25) is 0 Å². The van der Waals surface area contributed by atoms with Crippen LogP contribution in [0.1, 0.15) is 28.7 Å². The van der Waals surface area contributed by atoms with Gasteiger partial charge in [0.1, 0.15) is 11.3 Å². The Labute approximate surface area is 156 Å². The Morgan fingerprint density at radius 2 is 1.74 bits per heavy atom. The van der Waals surface area contributed by atoms with Gasteiger partial charge < -0.3 is 14.6 Å². The predicted molar refractivity (Wildman–Crippen MR) is 103 cm³/mol. The van der Waals surface area contributed by atoms with Crippen LogP contribution in [0.5, 0.6) is 5.75 Å². The topological polar surface area (TPSA) is 87.7 Å². The number of carbonyl (C=O) groups is 1. The first kappa shape index (κ1) is 18.7. The van der Waals surface area contributed by atoms with E-state index >= 15 is 0 Å². The van der Waals surface area contributed by atoms with Crippen molar-refractivity contribution < 1.29 is 19.4 Å².